The van der Waals surface area contributed by atoms with Crippen molar-refractivity contribution in [2.24, 2.45) is 0 Å². The molecule has 0 saturated heterocycles. The highest BCUT2D eigenvalue weighted by Gasteiger charge is 2.17. The molecule has 5 aromatic rings. The van der Waals surface area contributed by atoms with Crippen LogP contribution in [0.3, 0.4) is 0 Å². The van der Waals surface area contributed by atoms with Gasteiger partial charge in [-0.05, 0) is 82.6 Å². The second-order valence-corrected chi connectivity index (χ2v) is 8.86. The highest BCUT2D eigenvalue weighted by molar-refractivity contribution is 6.14. The Balaban J connectivity index is 1.56. The quantitative estimate of drug-likeness (QED) is 0.146. The van der Waals surface area contributed by atoms with Crippen LogP contribution < -0.4 is 10.6 Å². The zero-order valence-electron chi connectivity index (χ0n) is 21.3. The van der Waals surface area contributed by atoms with E-state index in [0.717, 1.165) is 27.1 Å². The molecule has 0 atom stereocenters. The molecule has 192 valence electrons. The molecule has 0 aliphatic carbocycles. The summed E-state index contributed by atoms with van der Waals surface area (Å²) < 4.78 is 5.03. The molecule has 0 aliphatic rings. The average molecular weight is 515 g/mol. The largest absolute Gasteiger partial charge is 0.462 e. The van der Waals surface area contributed by atoms with Crippen LogP contribution in [0.4, 0.5) is 5.69 Å². The molecule has 0 spiro atoms. The Kier molecular flexibility index (Phi) is 7.46. The van der Waals surface area contributed by atoms with Crippen LogP contribution in [0.25, 0.3) is 27.6 Å². The Bertz CT molecular complexity index is 1650. The predicted octanol–water partition coefficient (Wildman–Crippen LogP) is 6.58. The summed E-state index contributed by atoms with van der Waals surface area (Å²) in [5.41, 5.74) is 2.18. The van der Waals surface area contributed by atoms with Crippen LogP contribution in [-0.2, 0) is 9.53 Å². The minimum Gasteiger partial charge on any atom is -0.462 e. The van der Waals surface area contributed by atoms with Gasteiger partial charge in [-0.1, -0.05) is 66.7 Å². The fourth-order valence-electron chi connectivity index (χ4n) is 4.39. The highest BCUT2D eigenvalue weighted by atomic mass is 16.5. The molecule has 0 aromatic heterocycles. The summed E-state index contributed by atoms with van der Waals surface area (Å²) in [6, 6.07) is 33.1. The number of ether oxygens (including phenoxy) is 1. The number of rotatable bonds is 7. The SMILES string of the molecule is CCOC(=O)c1ccc(NC(=O)C(=Cc2c3ccccc3cc3ccccc23)NC(=O)c2ccccc2)cc1. The number of amides is 2. The summed E-state index contributed by atoms with van der Waals surface area (Å²) in [5.74, 6) is -1.34. The minimum atomic E-state index is -0.500. The second-order valence-electron chi connectivity index (χ2n) is 8.86. The summed E-state index contributed by atoms with van der Waals surface area (Å²) in [7, 11) is 0. The van der Waals surface area contributed by atoms with Gasteiger partial charge in [0.1, 0.15) is 5.70 Å². The number of benzene rings is 5. The third-order valence-electron chi connectivity index (χ3n) is 6.28. The van der Waals surface area contributed by atoms with Crippen LogP contribution in [0.1, 0.15) is 33.2 Å². The van der Waals surface area contributed by atoms with Crippen molar-refractivity contribution >= 4 is 51.1 Å². The number of carbonyl (C=O) groups is 3. The Morgan fingerprint density at radius 1 is 0.718 bits per heavy atom. The van der Waals surface area contributed by atoms with Gasteiger partial charge in [0.15, 0.2) is 0 Å². The summed E-state index contributed by atoms with van der Waals surface area (Å²) in [4.78, 5) is 38.7. The Morgan fingerprint density at radius 2 is 1.31 bits per heavy atom. The zero-order chi connectivity index (χ0) is 27.2. The predicted molar refractivity (Wildman–Crippen MR) is 154 cm³/mol. The van der Waals surface area contributed by atoms with Gasteiger partial charge < -0.3 is 15.4 Å². The third-order valence-corrected chi connectivity index (χ3v) is 6.28. The van der Waals surface area contributed by atoms with E-state index < -0.39 is 17.8 Å². The summed E-state index contributed by atoms with van der Waals surface area (Å²) >= 11 is 0. The summed E-state index contributed by atoms with van der Waals surface area (Å²) in [6.45, 7) is 2.01. The molecule has 0 heterocycles. The molecule has 0 fully saturated rings. The Labute approximate surface area is 225 Å². The van der Waals surface area contributed by atoms with Crippen molar-refractivity contribution in [1.82, 2.24) is 5.32 Å². The van der Waals surface area contributed by atoms with Crippen molar-refractivity contribution in [1.29, 1.82) is 0 Å². The topological polar surface area (TPSA) is 84.5 Å². The second kappa shape index (κ2) is 11.4. The van der Waals surface area contributed by atoms with Crippen molar-refractivity contribution < 1.29 is 19.1 Å². The van der Waals surface area contributed by atoms with Crippen molar-refractivity contribution in [3.8, 4) is 0 Å². The lowest BCUT2D eigenvalue weighted by atomic mass is 9.96. The van der Waals surface area contributed by atoms with Crippen molar-refractivity contribution in [3.63, 3.8) is 0 Å². The first-order valence-corrected chi connectivity index (χ1v) is 12.6. The number of anilines is 1. The lowest BCUT2D eigenvalue weighted by Crippen LogP contribution is -2.30. The van der Waals surface area contributed by atoms with Gasteiger partial charge in [0, 0.05) is 11.3 Å². The minimum absolute atomic E-state index is 0.0832. The lowest BCUT2D eigenvalue weighted by molar-refractivity contribution is -0.113. The van der Waals surface area contributed by atoms with E-state index in [1.54, 1.807) is 61.5 Å². The van der Waals surface area contributed by atoms with Crippen LogP contribution >= 0.6 is 0 Å². The molecule has 5 rings (SSSR count). The maximum absolute atomic E-state index is 13.6. The normalized spacial score (nSPS) is 11.3. The molecule has 0 bridgehead atoms. The molecule has 2 amide bonds. The van der Waals surface area contributed by atoms with Gasteiger partial charge in [-0.3, -0.25) is 9.59 Å². The van der Waals surface area contributed by atoms with Gasteiger partial charge in [0.25, 0.3) is 11.8 Å². The molecule has 0 aliphatic heterocycles. The average Bonchev–Trinajstić information content (AvgIpc) is 2.97. The maximum atomic E-state index is 13.6. The van der Waals surface area contributed by atoms with Gasteiger partial charge in [-0.15, -0.1) is 0 Å². The van der Waals surface area contributed by atoms with E-state index in [1.807, 2.05) is 54.6 Å². The van der Waals surface area contributed by atoms with Crippen molar-refractivity contribution in [3.05, 3.63) is 132 Å². The smallest absolute Gasteiger partial charge is 0.338 e. The van der Waals surface area contributed by atoms with E-state index in [0.29, 0.717) is 16.8 Å². The highest BCUT2D eigenvalue weighted by Crippen LogP contribution is 2.30. The number of fused-ring (bicyclic) bond motifs is 2. The van der Waals surface area contributed by atoms with Gasteiger partial charge >= 0.3 is 5.97 Å². The fraction of sp³-hybridized carbons (Fsp3) is 0.0606. The molecule has 6 nitrogen and oxygen atoms in total. The number of carbonyl (C=O) groups excluding carboxylic acids is 3. The number of nitrogens with one attached hydrogen (secondary N) is 2. The molecule has 2 N–H and O–H groups in total. The molecule has 39 heavy (non-hydrogen) atoms. The van der Waals surface area contributed by atoms with Crippen molar-refractivity contribution in [2.45, 2.75) is 6.92 Å². The molecule has 0 saturated carbocycles. The molecule has 6 heteroatoms. The van der Waals surface area contributed by atoms with Crippen molar-refractivity contribution in [2.75, 3.05) is 11.9 Å². The van der Waals surface area contributed by atoms with Gasteiger partial charge in [0.2, 0.25) is 0 Å². The van der Waals surface area contributed by atoms with Crippen LogP contribution in [0.15, 0.2) is 115 Å². The van der Waals surface area contributed by atoms with E-state index in [9.17, 15) is 14.4 Å². The van der Waals surface area contributed by atoms with Crippen LogP contribution in [0.2, 0.25) is 0 Å². The maximum Gasteiger partial charge on any atom is 0.338 e. The first-order chi connectivity index (χ1) is 19.0. The number of hydrogen-bond donors (Lipinski definition) is 2. The summed E-state index contributed by atoms with van der Waals surface area (Å²) in [5, 5.41) is 9.60. The van der Waals surface area contributed by atoms with Crippen LogP contribution in [0, 0.1) is 0 Å². The molecular formula is C33H26N2O4. The molecule has 0 unspecified atom stereocenters. The molecular weight excluding hydrogens is 488 g/mol. The fourth-order valence-corrected chi connectivity index (χ4v) is 4.39. The van der Waals surface area contributed by atoms with Crippen LogP contribution in [0.5, 0.6) is 0 Å². The summed E-state index contributed by atoms with van der Waals surface area (Å²) in [6.07, 6.45) is 1.72. The standard InChI is InChI=1S/C33H26N2O4/c1-2-39-33(38)23-16-18-26(19-17-23)34-32(37)30(35-31(36)22-10-4-3-5-11-22)21-29-27-14-8-6-12-24(27)20-25-13-7-9-15-28(25)29/h3-21H,2H2,1H3,(H,34,37)(H,35,36). The lowest BCUT2D eigenvalue weighted by Gasteiger charge is -2.14. The number of hydrogen-bond acceptors (Lipinski definition) is 4. The van der Waals surface area contributed by atoms with E-state index in [1.165, 1.54) is 0 Å². The van der Waals surface area contributed by atoms with E-state index in [4.69, 9.17) is 4.74 Å². The van der Waals surface area contributed by atoms with Gasteiger partial charge in [0.05, 0.1) is 12.2 Å². The van der Waals surface area contributed by atoms with E-state index in [-0.39, 0.29) is 12.3 Å². The zero-order valence-corrected chi connectivity index (χ0v) is 21.3. The monoisotopic (exact) mass is 514 g/mol. The van der Waals surface area contributed by atoms with Gasteiger partial charge in [-0.2, -0.15) is 0 Å². The number of esters is 1. The third kappa shape index (κ3) is 5.70. The van der Waals surface area contributed by atoms with Crippen LogP contribution in [-0.4, -0.2) is 24.4 Å². The van der Waals surface area contributed by atoms with Gasteiger partial charge in [-0.25, -0.2) is 4.79 Å². The van der Waals surface area contributed by atoms with E-state index >= 15 is 0 Å². The Hall–Kier alpha value is -5.23. The Morgan fingerprint density at radius 3 is 1.92 bits per heavy atom. The molecule has 0 radical (unpaired) electrons. The first-order valence-electron chi connectivity index (χ1n) is 12.6. The first kappa shape index (κ1) is 25.4. The van der Waals surface area contributed by atoms with E-state index in [2.05, 4.69) is 16.7 Å². The molecule has 5 aromatic carbocycles.